The molecule has 2 N–H and O–H groups in total. The molecule has 7 heteroatoms. The molecular weight excluding hydrogens is 404 g/mol. The van der Waals surface area contributed by atoms with Crippen molar-refractivity contribution in [3.63, 3.8) is 0 Å². The highest BCUT2D eigenvalue weighted by atomic mass is 32.2. The number of nitrogens with zero attached hydrogens (tertiary/aromatic N) is 1. The molecule has 1 heterocycles. The van der Waals surface area contributed by atoms with Crippen LogP contribution in [-0.2, 0) is 9.59 Å². The molecule has 2 aromatic carbocycles. The number of carbonyl (C=O) groups is 2. The number of benzene rings is 2. The maximum Gasteiger partial charge on any atom is 0.266 e. The zero-order valence-electron chi connectivity index (χ0n) is 16.0. The van der Waals surface area contributed by atoms with E-state index in [-0.39, 0.29) is 17.6 Å². The molecule has 29 heavy (non-hydrogen) atoms. The topological polar surface area (TPSA) is 69.6 Å². The van der Waals surface area contributed by atoms with E-state index in [0.29, 0.717) is 14.9 Å². The molecule has 2 aromatic rings. The Morgan fingerprint density at radius 2 is 1.83 bits per heavy atom. The summed E-state index contributed by atoms with van der Waals surface area (Å²) in [6.45, 7) is 3.55. The van der Waals surface area contributed by atoms with E-state index >= 15 is 0 Å². The molecule has 1 unspecified atom stereocenters. The summed E-state index contributed by atoms with van der Waals surface area (Å²) < 4.78 is 0.349. The lowest BCUT2D eigenvalue weighted by Gasteiger charge is -2.22. The van der Waals surface area contributed by atoms with Crippen LogP contribution in [0.25, 0.3) is 6.08 Å². The molecule has 5 nitrogen and oxygen atoms in total. The Hall–Kier alpha value is -2.90. The molecule has 3 rings (SSSR count). The Kier molecular flexibility index (Phi) is 6.51. The second-order valence-electron chi connectivity index (χ2n) is 6.56. The number of phenolic OH excluding ortho intramolecular Hbond substituents is 1. The first-order valence-corrected chi connectivity index (χ1v) is 10.2. The number of rotatable bonds is 5. The highest BCUT2D eigenvalue weighted by molar-refractivity contribution is 8.26. The van der Waals surface area contributed by atoms with E-state index in [4.69, 9.17) is 12.2 Å². The van der Waals surface area contributed by atoms with Crippen molar-refractivity contribution in [3.05, 3.63) is 76.7 Å². The predicted octanol–water partition coefficient (Wildman–Crippen LogP) is 4.57. The molecule has 0 radical (unpaired) electrons. The largest absolute Gasteiger partial charge is 0.508 e. The Labute approximate surface area is 179 Å². The van der Waals surface area contributed by atoms with Crippen LogP contribution in [0.5, 0.6) is 5.75 Å². The second-order valence-corrected chi connectivity index (χ2v) is 8.24. The molecule has 0 aliphatic carbocycles. The SMILES string of the molecule is CC(/C=C1\SC(=S)N(C(C)C(=O)Nc2ccc(O)cc2)C1=O)=C\c1ccccc1. The summed E-state index contributed by atoms with van der Waals surface area (Å²) >= 11 is 6.54. The van der Waals surface area contributed by atoms with Gasteiger partial charge in [0.2, 0.25) is 5.91 Å². The molecule has 0 aromatic heterocycles. The van der Waals surface area contributed by atoms with Crippen LogP contribution < -0.4 is 5.32 Å². The predicted molar refractivity (Wildman–Crippen MR) is 121 cm³/mol. The minimum absolute atomic E-state index is 0.108. The van der Waals surface area contributed by atoms with Gasteiger partial charge < -0.3 is 10.4 Å². The van der Waals surface area contributed by atoms with Crippen LogP contribution in [0.1, 0.15) is 19.4 Å². The van der Waals surface area contributed by atoms with E-state index in [1.54, 1.807) is 25.1 Å². The molecule has 1 atom stereocenters. The van der Waals surface area contributed by atoms with Gasteiger partial charge in [-0.05, 0) is 55.3 Å². The van der Waals surface area contributed by atoms with Gasteiger partial charge in [-0.2, -0.15) is 0 Å². The summed E-state index contributed by atoms with van der Waals surface area (Å²) in [5.41, 5.74) is 2.48. The number of amides is 2. The number of hydrogen-bond donors (Lipinski definition) is 2. The van der Waals surface area contributed by atoms with Gasteiger partial charge in [0.15, 0.2) is 0 Å². The Morgan fingerprint density at radius 1 is 1.17 bits per heavy atom. The van der Waals surface area contributed by atoms with Gasteiger partial charge >= 0.3 is 0 Å². The number of anilines is 1. The van der Waals surface area contributed by atoms with Gasteiger partial charge in [-0.25, -0.2) is 0 Å². The molecule has 0 bridgehead atoms. The van der Waals surface area contributed by atoms with Crippen LogP contribution in [0.3, 0.4) is 0 Å². The van der Waals surface area contributed by atoms with Crippen molar-refractivity contribution in [2.75, 3.05) is 5.32 Å². The van der Waals surface area contributed by atoms with Gasteiger partial charge in [-0.1, -0.05) is 60.4 Å². The lowest BCUT2D eigenvalue weighted by molar-refractivity contribution is -0.129. The zero-order chi connectivity index (χ0) is 21.0. The standard InChI is InChI=1S/C22H20N2O3S2/c1-14(12-16-6-4-3-5-7-16)13-19-21(27)24(22(28)29-19)15(2)20(26)23-17-8-10-18(25)11-9-17/h3-13,15,25H,1-2H3,(H,23,26)/b14-12+,19-13-. The van der Waals surface area contributed by atoms with Gasteiger partial charge in [0.1, 0.15) is 16.1 Å². The normalized spacial score (nSPS) is 17.0. The second kappa shape index (κ2) is 9.07. The highest BCUT2D eigenvalue weighted by Gasteiger charge is 2.38. The summed E-state index contributed by atoms with van der Waals surface area (Å²) in [6.07, 6.45) is 3.77. The fraction of sp³-hybridized carbons (Fsp3) is 0.136. The Morgan fingerprint density at radius 3 is 2.48 bits per heavy atom. The van der Waals surface area contributed by atoms with Crippen LogP contribution in [0.2, 0.25) is 0 Å². The first kappa shape index (κ1) is 20.8. The smallest absolute Gasteiger partial charge is 0.266 e. The summed E-state index contributed by atoms with van der Waals surface area (Å²) in [5, 5.41) is 12.1. The number of allylic oxidation sites excluding steroid dienone is 2. The summed E-state index contributed by atoms with van der Waals surface area (Å²) in [6, 6.07) is 15.2. The maximum atomic E-state index is 12.9. The minimum atomic E-state index is -0.763. The van der Waals surface area contributed by atoms with Crippen molar-refractivity contribution >= 4 is 51.9 Å². The summed E-state index contributed by atoms with van der Waals surface area (Å²) in [7, 11) is 0. The third kappa shape index (κ3) is 5.13. The van der Waals surface area contributed by atoms with E-state index in [0.717, 1.165) is 11.1 Å². The average Bonchev–Trinajstić information content (AvgIpc) is 2.96. The molecule has 1 fully saturated rings. The number of nitrogens with one attached hydrogen (secondary N) is 1. The third-order valence-corrected chi connectivity index (χ3v) is 5.61. The third-order valence-electron chi connectivity index (χ3n) is 4.28. The number of aromatic hydroxyl groups is 1. The number of carbonyl (C=O) groups excluding carboxylic acids is 2. The van der Waals surface area contributed by atoms with Gasteiger partial charge in [-0.15, -0.1) is 0 Å². The highest BCUT2D eigenvalue weighted by Crippen LogP contribution is 2.33. The molecule has 148 valence electrons. The van der Waals surface area contributed by atoms with E-state index in [9.17, 15) is 14.7 Å². The quantitative estimate of drug-likeness (QED) is 0.418. The first-order chi connectivity index (χ1) is 13.8. The van der Waals surface area contributed by atoms with Crippen molar-refractivity contribution < 1.29 is 14.7 Å². The van der Waals surface area contributed by atoms with Crippen LogP contribution in [0, 0.1) is 0 Å². The number of thioether (sulfide) groups is 1. The Bertz CT molecular complexity index is 998. The van der Waals surface area contributed by atoms with Gasteiger partial charge in [-0.3, -0.25) is 14.5 Å². The van der Waals surface area contributed by atoms with Crippen LogP contribution in [0.4, 0.5) is 5.69 Å². The van der Waals surface area contributed by atoms with E-state index in [1.807, 2.05) is 43.3 Å². The fourth-order valence-corrected chi connectivity index (χ4v) is 4.25. The lowest BCUT2D eigenvalue weighted by atomic mass is 10.1. The molecule has 1 saturated heterocycles. The summed E-state index contributed by atoms with van der Waals surface area (Å²) in [5.74, 6) is -0.531. The van der Waals surface area contributed by atoms with Gasteiger partial charge in [0.25, 0.3) is 5.91 Å². The van der Waals surface area contributed by atoms with Gasteiger partial charge in [0.05, 0.1) is 4.91 Å². The minimum Gasteiger partial charge on any atom is -0.508 e. The van der Waals surface area contributed by atoms with Crippen molar-refractivity contribution in [1.82, 2.24) is 4.90 Å². The van der Waals surface area contributed by atoms with Crippen molar-refractivity contribution in [1.29, 1.82) is 0 Å². The number of phenols is 1. The van der Waals surface area contributed by atoms with Crippen LogP contribution in [-0.4, -0.2) is 32.2 Å². The fourth-order valence-electron chi connectivity index (χ4n) is 2.78. The maximum absolute atomic E-state index is 12.9. The molecule has 0 spiro atoms. The lowest BCUT2D eigenvalue weighted by Crippen LogP contribution is -2.44. The molecule has 1 aliphatic rings. The average molecular weight is 425 g/mol. The summed E-state index contributed by atoms with van der Waals surface area (Å²) in [4.78, 5) is 27.3. The zero-order valence-corrected chi connectivity index (χ0v) is 17.6. The number of thiocarbonyl (C=S) groups is 1. The van der Waals surface area contributed by atoms with Crippen LogP contribution in [0.15, 0.2) is 71.2 Å². The van der Waals surface area contributed by atoms with E-state index < -0.39 is 6.04 Å². The molecule has 0 saturated carbocycles. The monoisotopic (exact) mass is 424 g/mol. The molecular formula is C22H20N2O3S2. The first-order valence-electron chi connectivity index (χ1n) is 8.95. The van der Waals surface area contributed by atoms with Crippen molar-refractivity contribution in [2.45, 2.75) is 19.9 Å². The number of hydrogen-bond acceptors (Lipinski definition) is 5. The Balaban J connectivity index is 1.73. The van der Waals surface area contributed by atoms with E-state index in [1.165, 1.54) is 28.8 Å². The van der Waals surface area contributed by atoms with Crippen molar-refractivity contribution in [3.8, 4) is 5.75 Å². The van der Waals surface area contributed by atoms with Crippen molar-refractivity contribution in [2.24, 2.45) is 0 Å². The molecule has 2 amide bonds. The van der Waals surface area contributed by atoms with Crippen LogP contribution >= 0.6 is 24.0 Å². The van der Waals surface area contributed by atoms with E-state index in [2.05, 4.69) is 5.32 Å². The molecule has 1 aliphatic heterocycles. The van der Waals surface area contributed by atoms with Gasteiger partial charge in [0, 0.05) is 5.69 Å².